The van der Waals surface area contributed by atoms with E-state index in [4.69, 9.17) is 9.47 Å². The van der Waals surface area contributed by atoms with Crippen molar-refractivity contribution in [2.24, 2.45) is 28.6 Å². The molecule has 6 heteroatoms. The first-order chi connectivity index (χ1) is 13.9. The van der Waals surface area contributed by atoms with E-state index in [2.05, 4.69) is 45.7 Å². The molecule has 4 aliphatic carbocycles. The van der Waals surface area contributed by atoms with Crippen LogP contribution in [0.1, 0.15) is 73.1 Å². The number of allylic oxidation sites excluding steroid dienone is 1. The number of ketones is 2. The summed E-state index contributed by atoms with van der Waals surface area (Å²) in [5, 5.41) is 0. The fourth-order valence-electron chi connectivity index (χ4n) is 8.44. The Balaban J connectivity index is 1.55. The highest BCUT2D eigenvalue weighted by Gasteiger charge is 2.75. The van der Waals surface area contributed by atoms with Crippen LogP contribution in [0.25, 0.3) is 0 Å². The summed E-state index contributed by atoms with van der Waals surface area (Å²) in [4.78, 5) is 25.6. The smallest absolute Gasteiger partial charge is 0.183 e. The van der Waals surface area contributed by atoms with Crippen LogP contribution in [0.2, 0.25) is 0 Å². The summed E-state index contributed by atoms with van der Waals surface area (Å²) in [6.07, 6.45) is 5.67. The Kier molecular flexibility index (Phi) is 4.73. The number of rotatable bonds is 1. The average molecular weight is 544 g/mol. The van der Waals surface area contributed by atoms with Gasteiger partial charge < -0.3 is 9.47 Å². The molecule has 0 aromatic carbocycles. The molecule has 4 fully saturated rings. The summed E-state index contributed by atoms with van der Waals surface area (Å²) in [5.41, 5.74) is 0.310. The van der Waals surface area contributed by atoms with Crippen LogP contribution >= 0.6 is 31.9 Å². The van der Waals surface area contributed by atoms with Crippen LogP contribution in [0.3, 0.4) is 0 Å². The zero-order valence-corrected chi connectivity index (χ0v) is 21.7. The topological polar surface area (TPSA) is 52.6 Å². The van der Waals surface area contributed by atoms with Crippen LogP contribution in [-0.2, 0) is 19.1 Å². The van der Waals surface area contributed by atoms with Crippen molar-refractivity contribution in [3.8, 4) is 0 Å². The van der Waals surface area contributed by atoms with E-state index in [0.29, 0.717) is 17.8 Å². The average Bonchev–Trinajstić information content (AvgIpc) is 3.06. The summed E-state index contributed by atoms with van der Waals surface area (Å²) in [7, 11) is 0. The second-order valence-electron chi connectivity index (χ2n) is 11.3. The standard InChI is InChI=1S/C24H32Br2O4/c1-12(27)24-18(29-21(2,3)30-24)10-16-13-6-7-15-19(26)20(28)17(25)11-22(15,4)14(13)8-9-23(16,24)5/h13-14,16-18H,6-11H2,1-5H3/t13-,14+,16+,17-,18-,22-,23+,24?/m1/s1. The minimum atomic E-state index is -0.829. The van der Waals surface area contributed by atoms with E-state index in [-0.39, 0.29) is 33.3 Å². The van der Waals surface area contributed by atoms with Gasteiger partial charge in [-0.1, -0.05) is 29.8 Å². The van der Waals surface area contributed by atoms with Crippen molar-refractivity contribution in [3.63, 3.8) is 0 Å². The zero-order chi connectivity index (χ0) is 21.9. The number of carbonyl (C=O) groups is 2. The first-order valence-corrected chi connectivity index (χ1v) is 13.0. The first kappa shape index (κ1) is 21.8. The van der Waals surface area contributed by atoms with Crippen LogP contribution in [0.4, 0.5) is 0 Å². The van der Waals surface area contributed by atoms with Crippen LogP contribution in [0, 0.1) is 28.6 Å². The molecule has 5 aliphatic rings. The van der Waals surface area contributed by atoms with Gasteiger partial charge in [0, 0.05) is 5.41 Å². The van der Waals surface area contributed by atoms with Crippen molar-refractivity contribution in [1.29, 1.82) is 0 Å². The molecule has 0 aromatic rings. The minimum absolute atomic E-state index is 0.0211. The maximum Gasteiger partial charge on any atom is 0.183 e. The van der Waals surface area contributed by atoms with Gasteiger partial charge in [0.2, 0.25) is 0 Å². The van der Waals surface area contributed by atoms with Gasteiger partial charge in [0.25, 0.3) is 0 Å². The fourth-order valence-corrected chi connectivity index (χ4v) is 10.6. The first-order valence-electron chi connectivity index (χ1n) is 11.3. The number of halogens is 2. The molecule has 8 atom stereocenters. The third kappa shape index (κ3) is 2.51. The Morgan fingerprint density at radius 3 is 2.50 bits per heavy atom. The lowest BCUT2D eigenvalue weighted by Crippen LogP contribution is -2.60. The number of carbonyl (C=O) groups excluding carboxylic acids is 2. The molecular formula is C24H32Br2O4. The van der Waals surface area contributed by atoms with Crippen molar-refractivity contribution in [2.45, 2.75) is 95.5 Å². The van der Waals surface area contributed by atoms with Crippen LogP contribution < -0.4 is 0 Å². The van der Waals surface area contributed by atoms with Crippen LogP contribution in [-0.4, -0.2) is 33.9 Å². The van der Waals surface area contributed by atoms with Crippen molar-refractivity contribution in [3.05, 3.63) is 10.1 Å². The van der Waals surface area contributed by atoms with Gasteiger partial charge in [0.05, 0.1) is 15.4 Å². The third-order valence-corrected chi connectivity index (χ3v) is 11.2. The molecule has 5 rings (SSSR count). The molecule has 30 heavy (non-hydrogen) atoms. The van der Waals surface area contributed by atoms with E-state index in [1.807, 2.05) is 13.8 Å². The van der Waals surface area contributed by atoms with Gasteiger partial charge in [-0.05, 0) is 104 Å². The monoisotopic (exact) mass is 542 g/mol. The Hall–Kier alpha value is -0.0400. The molecule has 166 valence electrons. The molecule has 3 saturated carbocycles. The van der Waals surface area contributed by atoms with Crippen molar-refractivity contribution in [1.82, 2.24) is 0 Å². The summed E-state index contributed by atoms with van der Waals surface area (Å²) < 4.78 is 13.7. The Morgan fingerprint density at radius 2 is 1.83 bits per heavy atom. The Bertz CT molecular complexity index is 865. The van der Waals surface area contributed by atoms with Gasteiger partial charge in [-0.3, -0.25) is 9.59 Å². The quantitative estimate of drug-likeness (QED) is 0.398. The Morgan fingerprint density at radius 1 is 1.13 bits per heavy atom. The molecule has 1 unspecified atom stereocenters. The van der Waals surface area contributed by atoms with E-state index in [9.17, 15) is 9.59 Å². The molecule has 0 aromatic heterocycles. The lowest BCUT2D eigenvalue weighted by Gasteiger charge is -2.59. The zero-order valence-electron chi connectivity index (χ0n) is 18.5. The minimum Gasteiger partial charge on any atom is -0.344 e. The number of fused-ring (bicyclic) bond motifs is 7. The summed E-state index contributed by atoms with van der Waals surface area (Å²) in [5.74, 6) is 1.06. The van der Waals surface area contributed by atoms with Gasteiger partial charge >= 0.3 is 0 Å². The molecular weight excluding hydrogens is 512 g/mol. The fraction of sp³-hybridized carbons (Fsp3) is 0.833. The number of Topliss-reactive ketones (excluding diaryl/α,β-unsaturated/α-hetero) is 2. The van der Waals surface area contributed by atoms with Gasteiger partial charge in [0.1, 0.15) is 0 Å². The SMILES string of the molecule is CC(=O)C12OC(C)(C)O[C@@H]1C[C@H]1[C@@H]3CCC4=C(Br)C(=O)[C@H](Br)C[C@]4(C)[C@H]3CC[C@@]12C. The highest BCUT2D eigenvalue weighted by molar-refractivity contribution is 9.12. The maximum atomic E-state index is 13.1. The third-order valence-electron chi connectivity index (χ3n) is 9.56. The lowest BCUT2D eigenvalue weighted by molar-refractivity contribution is -0.214. The van der Waals surface area contributed by atoms with Crippen molar-refractivity contribution >= 4 is 43.4 Å². The van der Waals surface area contributed by atoms with Gasteiger partial charge in [-0.25, -0.2) is 0 Å². The van der Waals surface area contributed by atoms with Gasteiger partial charge in [-0.15, -0.1) is 0 Å². The molecule has 1 aliphatic heterocycles. The summed E-state index contributed by atoms with van der Waals surface area (Å²) >= 11 is 7.31. The second kappa shape index (κ2) is 6.51. The van der Waals surface area contributed by atoms with E-state index < -0.39 is 11.4 Å². The van der Waals surface area contributed by atoms with Crippen LogP contribution in [0.5, 0.6) is 0 Å². The van der Waals surface area contributed by atoms with Crippen LogP contribution in [0.15, 0.2) is 10.1 Å². The Labute approximate surface area is 196 Å². The predicted molar refractivity (Wildman–Crippen MR) is 122 cm³/mol. The lowest BCUT2D eigenvalue weighted by atomic mass is 9.46. The molecule has 0 bridgehead atoms. The highest BCUT2D eigenvalue weighted by Crippen LogP contribution is 2.71. The molecule has 0 amide bonds. The predicted octanol–water partition coefficient (Wildman–Crippen LogP) is 5.70. The second-order valence-corrected chi connectivity index (χ2v) is 13.2. The highest BCUT2D eigenvalue weighted by atomic mass is 79.9. The maximum absolute atomic E-state index is 13.1. The van der Waals surface area contributed by atoms with E-state index >= 15 is 0 Å². The van der Waals surface area contributed by atoms with Crippen molar-refractivity contribution < 1.29 is 19.1 Å². The number of hydrogen-bond acceptors (Lipinski definition) is 4. The van der Waals surface area contributed by atoms with E-state index in [0.717, 1.165) is 43.0 Å². The summed E-state index contributed by atoms with van der Waals surface area (Å²) in [6, 6.07) is 0. The van der Waals surface area contributed by atoms with Crippen molar-refractivity contribution in [2.75, 3.05) is 0 Å². The van der Waals surface area contributed by atoms with E-state index in [1.165, 1.54) is 5.57 Å². The molecule has 0 radical (unpaired) electrons. The summed E-state index contributed by atoms with van der Waals surface area (Å²) in [6.45, 7) is 10.2. The normalized spacial score (nSPS) is 51.8. The molecule has 1 saturated heterocycles. The number of ether oxygens (including phenoxy) is 2. The molecule has 0 N–H and O–H groups in total. The largest absolute Gasteiger partial charge is 0.344 e. The number of hydrogen-bond donors (Lipinski definition) is 0. The number of alkyl halides is 1. The molecule has 0 spiro atoms. The molecule has 4 nitrogen and oxygen atoms in total. The van der Waals surface area contributed by atoms with Gasteiger partial charge in [-0.2, -0.15) is 0 Å². The van der Waals surface area contributed by atoms with Gasteiger partial charge in [0.15, 0.2) is 23.0 Å². The molecule has 1 heterocycles. The van der Waals surface area contributed by atoms with E-state index in [1.54, 1.807) is 6.92 Å².